The van der Waals surface area contributed by atoms with Crippen molar-refractivity contribution in [2.24, 2.45) is 5.73 Å². The van der Waals surface area contributed by atoms with Crippen molar-refractivity contribution < 1.29 is 13.9 Å². The van der Waals surface area contributed by atoms with Gasteiger partial charge in [-0.05, 0) is 17.7 Å². The van der Waals surface area contributed by atoms with Gasteiger partial charge in [0.15, 0.2) is 11.6 Å². The highest BCUT2D eigenvalue weighted by molar-refractivity contribution is 5.30. The fraction of sp³-hybridized carbons (Fsp3) is 0.400. The van der Waals surface area contributed by atoms with Crippen LogP contribution in [0.5, 0.6) is 5.75 Å². The zero-order valence-corrected chi connectivity index (χ0v) is 8.29. The van der Waals surface area contributed by atoms with E-state index in [0.717, 1.165) is 0 Å². The topological polar surface area (TPSA) is 44.5 Å². The third-order valence-corrected chi connectivity index (χ3v) is 2.05. The molecule has 0 amide bonds. The molecule has 1 rings (SSSR count). The SMILES string of the molecule is COc1ccc([C@@H](CN)OC)cc1F. The Morgan fingerprint density at radius 1 is 1.43 bits per heavy atom. The van der Waals surface area contributed by atoms with E-state index < -0.39 is 5.82 Å². The third-order valence-electron chi connectivity index (χ3n) is 2.05. The van der Waals surface area contributed by atoms with Gasteiger partial charge >= 0.3 is 0 Å². The summed E-state index contributed by atoms with van der Waals surface area (Å²) in [5.41, 5.74) is 6.17. The summed E-state index contributed by atoms with van der Waals surface area (Å²) in [4.78, 5) is 0. The normalized spacial score (nSPS) is 12.6. The minimum absolute atomic E-state index is 0.223. The molecule has 0 aliphatic carbocycles. The van der Waals surface area contributed by atoms with Gasteiger partial charge in [0, 0.05) is 13.7 Å². The highest BCUT2D eigenvalue weighted by atomic mass is 19.1. The van der Waals surface area contributed by atoms with Crippen molar-refractivity contribution >= 4 is 0 Å². The molecule has 0 radical (unpaired) electrons. The van der Waals surface area contributed by atoms with E-state index in [1.165, 1.54) is 13.2 Å². The molecule has 0 spiro atoms. The van der Waals surface area contributed by atoms with E-state index in [0.29, 0.717) is 12.1 Å². The molecule has 0 saturated heterocycles. The van der Waals surface area contributed by atoms with Crippen molar-refractivity contribution in [3.63, 3.8) is 0 Å². The summed E-state index contributed by atoms with van der Waals surface area (Å²) in [6, 6.07) is 4.68. The molecule has 3 nitrogen and oxygen atoms in total. The maximum Gasteiger partial charge on any atom is 0.165 e. The molecule has 0 bridgehead atoms. The fourth-order valence-electron chi connectivity index (χ4n) is 1.25. The van der Waals surface area contributed by atoms with Crippen molar-refractivity contribution in [1.29, 1.82) is 0 Å². The van der Waals surface area contributed by atoms with Gasteiger partial charge in [-0.2, -0.15) is 0 Å². The first kappa shape index (κ1) is 10.9. The van der Waals surface area contributed by atoms with Crippen LogP contribution in [0.3, 0.4) is 0 Å². The molecule has 1 aromatic rings. The maximum atomic E-state index is 13.3. The molecular weight excluding hydrogens is 185 g/mol. The average Bonchev–Trinajstić information content (AvgIpc) is 2.20. The zero-order valence-electron chi connectivity index (χ0n) is 8.29. The van der Waals surface area contributed by atoms with Gasteiger partial charge in [-0.25, -0.2) is 4.39 Å². The van der Waals surface area contributed by atoms with Crippen molar-refractivity contribution in [2.45, 2.75) is 6.10 Å². The second-order valence-electron chi connectivity index (χ2n) is 2.85. The number of ether oxygens (including phenoxy) is 2. The Bertz CT molecular complexity index is 300. The van der Waals surface area contributed by atoms with Gasteiger partial charge in [0.25, 0.3) is 0 Å². The lowest BCUT2D eigenvalue weighted by molar-refractivity contribution is 0.110. The Hall–Kier alpha value is -1.13. The molecule has 78 valence electrons. The number of benzene rings is 1. The second-order valence-corrected chi connectivity index (χ2v) is 2.85. The molecule has 0 aromatic heterocycles. The molecule has 1 aromatic carbocycles. The molecule has 2 N–H and O–H groups in total. The van der Waals surface area contributed by atoms with Crippen molar-refractivity contribution in [3.05, 3.63) is 29.6 Å². The number of methoxy groups -OCH3 is 2. The van der Waals surface area contributed by atoms with Gasteiger partial charge in [0.2, 0.25) is 0 Å². The van der Waals surface area contributed by atoms with Crippen molar-refractivity contribution in [3.8, 4) is 5.75 Å². The van der Waals surface area contributed by atoms with Crippen LogP contribution in [-0.4, -0.2) is 20.8 Å². The number of hydrogen-bond donors (Lipinski definition) is 1. The highest BCUT2D eigenvalue weighted by Gasteiger charge is 2.11. The minimum atomic E-state index is -0.402. The van der Waals surface area contributed by atoms with Crippen LogP contribution < -0.4 is 10.5 Å². The van der Waals surface area contributed by atoms with E-state index in [1.54, 1.807) is 19.2 Å². The van der Waals surface area contributed by atoms with Crippen LogP contribution in [0.1, 0.15) is 11.7 Å². The van der Waals surface area contributed by atoms with Gasteiger partial charge in [-0.3, -0.25) is 0 Å². The summed E-state index contributed by atoms with van der Waals surface area (Å²) in [7, 11) is 2.97. The zero-order chi connectivity index (χ0) is 10.6. The first-order valence-electron chi connectivity index (χ1n) is 4.29. The van der Waals surface area contributed by atoms with Crippen LogP contribution in [-0.2, 0) is 4.74 Å². The van der Waals surface area contributed by atoms with Gasteiger partial charge < -0.3 is 15.2 Å². The van der Waals surface area contributed by atoms with Crippen LogP contribution in [0.15, 0.2) is 18.2 Å². The third kappa shape index (κ3) is 2.21. The Balaban J connectivity index is 2.95. The molecule has 0 aliphatic rings. The van der Waals surface area contributed by atoms with E-state index in [1.807, 2.05) is 0 Å². The van der Waals surface area contributed by atoms with Gasteiger partial charge in [-0.1, -0.05) is 6.07 Å². The van der Waals surface area contributed by atoms with Crippen LogP contribution in [0.4, 0.5) is 4.39 Å². The molecule has 0 unspecified atom stereocenters. The summed E-state index contributed by atoms with van der Waals surface area (Å²) in [6.07, 6.45) is -0.268. The molecule has 14 heavy (non-hydrogen) atoms. The molecule has 0 fully saturated rings. The molecule has 0 heterocycles. The van der Waals surface area contributed by atoms with Crippen LogP contribution in [0.2, 0.25) is 0 Å². The van der Waals surface area contributed by atoms with Crippen LogP contribution >= 0.6 is 0 Å². The Labute approximate surface area is 82.6 Å². The van der Waals surface area contributed by atoms with E-state index >= 15 is 0 Å². The standard InChI is InChI=1S/C10H14FNO2/c1-13-9-4-3-7(5-8(9)11)10(6-12)14-2/h3-5,10H,6,12H2,1-2H3/t10-/m1/s1. The Kier molecular flexibility index (Phi) is 3.85. The maximum absolute atomic E-state index is 13.3. The molecule has 0 saturated carbocycles. The largest absolute Gasteiger partial charge is 0.494 e. The first-order valence-corrected chi connectivity index (χ1v) is 4.29. The molecule has 4 heteroatoms. The van der Waals surface area contributed by atoms with E-state index in [9.17, 15) is 4.39 Å². The minimum Gasteiger partial charge on any atom is -0.494 e. The van der Waals surface area contributed by atoms with Gasteiger partial charge in [-0.15, -0.1) is 0 Å². The summed E-state index contributed by atoms with van der Waals surface area (Å²) in [5.74, 6) is -0.180. The lowest BCUT2D eigenvalue weighted by atomic mass is 10.1. The number of rotatable bonds is 4. The summed E-state index contributed by atoms with van der Waals surface area (Å²) in [6.45, 7) is 0.322. The molecule has 0 aliphatic heterocycles. The fourth-order valence-corrected chi connectivity index (χ4v) is 1.25. The lowest BCUT2D eigenvalue weighted by Crippen LogP contribution is -2.14. The highest BCUT2D eigenvalue weighted by Crippen LogP contribution is 2.22. The van der Waals surface area contributed by atoms with E-state index in [2.05, 4.69) is 0 Å². The number of halogens is 1. The lowest BCUT2D eigenvalue weighted by Gasteiger charge is -2.13. The van der Waals surface area contributed by atoms with Gasteiger partial charge in [0.1, 0.15) is 0 Å². The van der Waals surface area contributed by atoms with Crippen molar-refractivity contribution in [1.82, 2.24) is 0 Å². The Morgan fingerprint density at radius 2 is 2.14 bits per heavy atom. The van der Waals surface area contributed by atoms with Crippen LogP contribution in [0.25, 0.3) is 0 Å². The molecular formula is C10H14FNO2. The summed E-state index contributed by atoms with van der Waals surface area (Å²) >= 11 is 0. The van der Waals surface area contributed by atoms with Crippen LogP contribution in [0, 0.1) is 5.82 Å². The first-order chi connectivity index (χ1) is 6.72. The predicted molar refractivity (Wildman–Crippen MR) is 51.8 cm³/mol. The quantitative estimate of drug-likeness (QED) is 0.798. The van der Waals surface area contributed by atoms with Gasteiger partial charge in [0.05, 0.1) is 13.2 Å². The number of nitrogens with two attached hydrogens (primary N) is 1. The molecule has 1 atom stereocenters. The summed E-state index contributed by atoms with van der Waals surface area (Å²) < 4.78 is 23.1. The Morgan fingerprint density at radius 3 is 2.57 bits per heavy atom. The monoisotopic (exact) mass is 199 g/mol. The number of hydrogen-bond acceptors (Lipinski definition) is 3. The van der Waals surface area contributed by atoms with E-state index in [4.69, 9.17) is 15.2 Å². The average molecular weight is 199 g/mol. The van der Waals surface area contributed by atoms with E-state index in [-0.39, 0.29) is 11.9 Å². The predicted octanol–water partition coefficient (Wildman–Crippen LogP) is 1.48. The second kappa shape index (κ2) is 4.93. The van der Waals surface area contributed by atoms with Crippen molar-refractivity contribution in [2.75, 3.05) is 20.8 Å². The summed E-state index contributed by atoms with van der Waals surface area (Å²) in [5, 5.41) is 0. The smallest absolute Gasteiger partial charge is 0.165 e.